The van der Waals surface area contributed by atoms with Crippen molar-refractivity contribution in [3.8, 4) is 0 Å². The van der Waals surface area contributed by atoms with Gasteiger partial charge in [0.1, 0.15) is 6.10 Å². The number of hydrogen-bond donors (Lipinski definition) is 2. The quantitative estimate of drug-likeness (QED) is 0.284. The van der Waals surface area contributed by atoms with E-state index in [2.05, 4.69) is 34.3 Å². The molecule has 3 rings (SSSR count). The van der Waals surface area contributed by atoms with Gasteiger partial charge in [0.2, 0.25) is 0 Å². The molecule has 1 aromatic heterocycles. The van der Waals surface area contributed by atoms with Crippen LogP contribution < -0.4 is 5.32 Å². The van der Waals surface area contributed by atoms with Gasteiger partial charge in [-0.2, -0.15) is 5.10 Å². The van der Waals surface area contributed by atoms with Crippen molar-refractivity contribution < 1.29 is 9.47 Å². The number of hydrogen-bond acceptors (Lipinski definition) is 4. The number of aromatic amines is 1. The molecular formula is C18H32IN5O2. The van der Waals surface area contributed by atoms with Crippen molar-refractivity contribution in [2.45, 2.75) is 51.7 Å². The van der Waals surface area contributed by atoms with Gasteiger partial charge in [-0.25, -0.2) is 0 Å². The summed E-state index contributed by atoms with van der Waals surface area (Å²) in [6.45, 7) is 9.22. The van der Waals surface area contributed by atoms with E-state index in [0.29, 0.717) is 0 Å². The predicted molar refractivity (Wildman–Crippen MR) is 113 cm³/mol. The molecule has 2 unspecified atom stereocenters. The van der Waals surface area contributed by atoms with Crippen molar-refractivity contribution in [1.82, 2.24) is 20.4 Å². The van der Waals surface area contributed by atoms with Crippen LogP contribution in [0.1, 0.15) is 37.4 Å². The molecule has 2 aliphatic heterocycles. The maximum atomic E-state index is 5.95. The molecule has 0 bridgehead atoms. The molecule has 0 radical (unpaired) electrons. The third kappa shape index (κ3) is 5.82. The van der Waals surface area contributed by atoms with E-state index in [1.807, 2.05) is 6.20 Å². The summed E-state index contributed by atoms with van der Waals surface area (Å²) >= 11 is 0. The van der Waals surface area contributed by atoms with E-state index >= 15 is 0 Å². The van der Waals surface area contributed by atoms with Crippen LogP contribution in [0, 0.1) is 6.92 Å². The second-order valence-corrected chi connectivity index (χ2v) is 6.77. The van der Waals surface area contributed by atoms with Gasteiger partial charge in [-0.05, 0) is 45.1 Å². The molecule has 8 heteroatoms. The summed E-state index contributed by atoms with van der Waals surface area (Å²) in [7, 11) is 0. The van der Waals surface area contributed by atoms with Crippen LogP contribution in [0.2, 0.25) is 0 Å². The molecule has 2 saturated heterocycles. The Morgan fingerprint density at radius 2 is 2.23 bits per heavy atom. The number of nitrogens with one attached hydrogen (secondary N) is 2. The maximum absolute atomic E-state index is 5.95. The van der Waals surface area contributed by atoms with E-state index in [-0.39, 0.29) is 36.2 Å². The molecule has 2 aliphatic rings. The van der Waals surface area contributed by atoms with Gasteiger partial charge in [0.25, 0.3) is 0 Å². The van der Waals surface area contributed by atoms with Gasteiger partial charge in [-0.15, -0.1) is 24.0 Å². The molecule has 26 heavy (non-hydrogen) atoms. The Morgan fingerprint density at radius 3 is 2.92 bits per heavy atom. The number of H-pyrrole nitrogens is 1. The van der Waals surface area contributed by atoms with E-state index in [1.165, 1.54) is 5.56 Å². The van der Waals surface area contributed by atoms with Crippen molar-refractivity contribution in [1.29, 1.82) is 0 Å². The first-order valence-electron chi connectivity index (χ1n) is 9.53. The third-order valence-electron chi connectivity index (χ3n) is 4.91. The summed E-state index contributed by atoms with van der Waals surface area (Å²) in [4.78, 5) is 7.15. The second kappa shape index (κ2) is 11.1. The standard InChI is InChI=1S/C18H31N5O2.HI/c1-3-19-18(20-8-4-6-15-12-21-22-14(15)2)23-9-11-25-17(13-23)16-7-5-10-24-16;/h12,16-17H,3-11,13H2,1-2H3,(H,19,20)(H,21,22);1H. The molecule has 0 amide bonds. The number of halogens is 1. The van der Waals surface area contributed by atoms with E-state index < -0.39 is 0 Å². The molecule has 0 spiro atoms. The number of ether oxygens (including phenoxy) is 2. The van der Waals surface area contributed by atoms with Crippen molar-refractivity contribution in [2.24, 2.45) is 4.99 Å². The average molecular weight is 477 g/mol. The van der Waals surface area contributed by atoms with E-state index in [4.69, 9.17) is 14.5 Å². The molecule has 1 aromatic rings. The summed E-state index contributed by atoms with van der Waals surface area (Å²) in [5.74, 6) is 0.998. The number of guanidine groups is 1. The molecule has 0 aromatic carbocycles. The summed E-state index contributed by atoms with van der Waals surface area (Å²) in [5, 5.41) is 10.5. The smallest absolute Gasteiger partial charge is 0.194 e. The summed E-state index contributed by atoms with van der Waals surface area (Å²) in [6.07, 6.45) is 6.60. The zero-order chi connectivity index (χ0) is 17.5. The van der Waals surface area contributed by atoms with Crippen molar-refractivity contribution >= 4 is 29.9 Å². The molecule has 0 saturated carbocycles. The fourth-order valence-electron chi connectivity index (χ4n) is 3.50. The number of morpholine rings is 1. The molecule has 2 atom stereocenters. The number of nitrogens with zero attached hydrogens (tertiary/aromatic N) is 3. The van der Waals surface area contributed by atoms with Crippen molar-refractivity contribution in [3.05, 3.63) is 17.5 Å². The van der Waals surface area contributed by atoms with Crippen LogP contribution in [-0.4, -0.2) is 72.7 Å². The molecule has 2 N–H and O–H groups in total. The normalized spacial score (nSPS) is 23.8. The number of aliphatic imine (C=N–C) groups is 1. The first-order valence-corrected chi connectivity index (χ1v) is 9.53. The monoisotopic (exact) mass is 477 g/mol. The van der Waals surface area contributed by atoms with Crippen LogP contribution in [0.4, 0.5) is 0 Å². The van der Waals surface area contributed by atoms with Gasteiger partial charge in [-0.3, -0.25) is 10.1 Å². The van der Waals surface area contributed by atoms with Crippen LogP contribution in [0.15, 0.2) is 11.2 Å². The summed E-state index contributed by atoms with van der Waals surface area (Å²) in [6, 6.07) is 0. The lowest BCUT2D eigenvalue weighted by Crippen LogP contribution is -2.53. The highest BCUT2D eigenvalue weighted by molar-refractivity contribution is 14.0. The van der Waals surface area contributed by atoms with Gasteiger partial charge in [-0.1, -0.05) is 0 Å². The molecular weight excluding hydrogens is 445 g/mol. The minimum atomic E-state index is 0. The minimum absolute atomic E-state index is 0. The number of aryl methyl sites for hydroxylation is 2. The van der Waals surface area contributed by atoms with E-state index in [0.717, 1.165) is 76.7 Å². The molecule has 3 heterocycles. The molecule has 2 fully saturated rings. The van der Waals surface area contributed by atoms with Gasteiger partial charge in [0.05, 0.1) is 18.9 Å². The lowest BCUT2D eigenvalue weighted by atomic mass is 10.1. The Morgan fingerprint density at radius 1 is 1.38 bits per heavy atom. The number of rotatable bonds is 6. The van der Waals surface area contributed by atoms with Crippen LogP contribution in [0.3, 0.4) is 0 Å². The van der Waals surface area contributed by atoms with Crippen LogP contribution in [-0.2, 0) is 15.9 Å². The zero-order valence-electron chi connectivity index (χ0n) is 15.9. The topological polar surface area (TPSA) is 74.8 Å². The Bertz CT molecular complexity index is 560. The first kappa shape index (κ1) is 21.4. The highest BCUT2D eigenvalue weighted by Gasteiger charge is 2.32. The van der Waals surface area contributed by atoms with Crippen molar-refractivity contribution in [2.75, 3.05) is 39.4 Å². The van der Waals surface area contributed by atoms with Gasteiger partial charge in [0, 0.05) is 38.5 Å². The van der Waals surface area contributed by atoms with Gasteiger partial charge < -0.3 is 19.7 Å². The number of aromatic nitrogens is 2. The minimum Gasteiger partial charge on any atom is -0.375 e. The largest absolute Gasteiger partial charge is 0.375 e. The Labute approximate surface area is 173 Å². The second-order valence-electron chi connectivity index (χ2n) is 6.77. The first-order chi connectivity index (χ1) is 12.3. The molecule has 7 nitrogen and oxygen atoms in total. The van der Waals surface area contributed by atoms with Crippen LogP contribution >= 0.6 is 24.0 Å². The fraction of sp³-hybridized carbons (Fsp3) is 0.778. The zero-order valence-corrected chi connectivity index (χ0v) is 18.2. The maximum Gasteiger partial charge on any atom is 0.194 e. The van der Waals surface area contributed by atoms with Crippen LogP contribution in [0.25, 0.3) is 0 Å². The lowest BCUT2D eigenvalue weighted by Gasteiger charge is -2.37. The van der Waals surface area contributed by atoms with Gasteiger partial charge in [0.15, 0.2) is 5.96 Å². The van der Waals surface area contributed by atoms with Crippen molar-refractivity contribution in [3.63, 3.8) is 0 Å². The summed E-state index contributed by atoms with van der Waals surface area (Å²) < 4.78 is 11.8. The summed E-state index contributed by atoms with van der Waals surface area (Å²) in [5.41, 5.74) is 2.44. The van der Waals surface area contributed by atoms with E-state index in [1.54, 1.807) is 0 Å². The Balaban J connectivity index is 0.00000243. The highest BCUT2D eigenvalue weighted by atomic mass is 127. The van der Waals surface area contributed by atoms with Gasteiger partial charge >= 0.3 is 0 Å². The average Bonchev–Trinajstić information content (AvgIpc) is 3.30. The molecule has 148 valence electrons. The van der Waals surface area contributed by atoms with Crippen LogP contribution in [0.5, 0.6) is 0 Å². The predicted octanol–water partition coefficient (Wildman–Crippen LogP) is 2.11. The molecule has 0 aliphatic carbocycles. The third-order valence-corrected chi connectivity index (χ3v) is 4.91. The highest BCUT2D eigenvalue weighted by Crippen LogP contribution is 2.21. The Kier molecular flexibility index (Phi) is 9.13. The fourth-order valence-corrected chi connectivity index (χ4v) is 3.50. The SMILES string of the molecule is CCNC(=NCCCc1cn[nH]c1C)N1CCOC(C2CCCO2)C1.I. The lowest BCUT2D eigenvalue weighted by molar-refractivity contribution is -0.0817. The van der Waals surface area contributed by atoms with E-state index in [9.17, 15) is 0 Å². The Hall–Kier alpha value is -0.870.